The maximum absolute atomic E-state index is 13.0. The SMILES string of the molecule is COc1ccc(C(=O)Nc2cc(/C=C3/SC(=O)N(Cc4ccc(Cl)c(Cl)c4)C3=O)ccc2OC)cc1. The fourth-order valence-electron chi connectivity index (χ4n) is 3.46. The molecule has 3 aromatic rings. The predicted molar refractivity (Wildman–Crippen MR) is 142 cm³/mol. The number of halogens is 2. The van der Waals surface area contributed by atoms with Crippen LogP contribution in [0.1, 0.15) is 21.5 Å². The lowest BCUT2D eigenvalue weighted by Gasteiger charge is -2.13. The molecule has 36 heavy (non-hydrogen) atoms. The average molecular weight is 543 g/mol. The number of nitrogens with zero attached hydrogens (tertiary/aromatic N) is 1. The molecule has 3 aromatic carbocycles. The van der Waals surface area contributed by atoms with Gasteiger partial charge in [-0.2, -0.15) is 0 Å². The minimum Gasteiger partial charge on any atom is -0.497 e. The van der Waals surface area contributed by atoms with Crippen LogP contribution in [0.5, 0.6) is 11.5 Å². The van der Waals surface area contributed by atoms with Gasteiger partial charge in [0, 0.05) is 5.56 Å². The van der Waals surface area contributed by atoms with E-state index in [9.17, 15) is 14.4 Å². The Morgan fingerprint density at radius 2 is 1.72 bits per heavy atom. The van der Waals surface area contributed by atoms with E-state index >= 15 is 0 Å². The number of benzene rings is 3. The van der Waals surface area contributed by atoms with Crippen LogP contribution in [0.2, 0.25) is 10.0 Å². The number of hydrogen-bond acceptors (Lipinski definition) is 6. The molecule has 1 aliphatic rings. The molecule has 0 atom stereocenters. The summed E-state index contributed by atoms with van der Waals surface area (Å²) in [5.74, 6) is 0.326. The maximum atomic E-state index is 13.0. The van der Waals surface area contributed by atoms with Crippen molar-refractivity contribution >= 4 is 63.8 Å². The third kappa shape index (κ3) is 5.67. The number of thioether (sulfide) groups is 1. The van der Waals surface area contributed by atoms with Crippen molar-refractivity contribution < 1.29 is 23.9 Å². The molecule has 10 heteroatoms. The second-order valence-electron chi connectivity index (χ2n) is 7.66. The zero-order valence-electron chi connectivity index (χ0n) is 19.2. The van der Waals surface area contributed by atoms with Crippen LogP contribution in [0, 0.1) is 0 Å². The second-order valence-corrected chi connectivity index (χ2v) is 9.47. The number of nitrogens with one attached hydrogen (secondary N) is 1. The molecule has 0 saturated carbocycles. The molecule has 0 aliphatic carbocycles. The Morgan fingerprint density at radius 1 is 0.972 bits per heavy atom. The number of hydrogen-bond donors (Lipinski definition) is 1. The summed E-state index contributed by atoms with van der Waals surface area (Å²) in [6.07, 6.45) is 1.60. The molecule has 0 aromatic heterocycles. The minimum atomic E-state index is -0.421. The van der Waals surface area contributed by atoms with Gasteiger partial charge in [-0.25, -0.2) is 0 Å². The van der Waals surface area contributed by atoms with Crippen LogP contribution >= 0.6 is 35.0 Å². The van der Waals surface area contributed by atoms with Gasteiger partial charge in [0.15, 0.2) is 0 Å². The molecule has 184 valence electrons. The van der Waals surface area contributed by atoms with Gasteiger partial charge in [0.25, 0.3) is 17.1 Å². The van der Waals surface area contributed by atoms with Gasteiger partial charge in [-0.15, -0.1) is 0 Å². The molecule has 1 heterocycles. The number of carbonyl (C=O) groups excluding carboxylic acids is 3. The van der Waals surface area contributed by atoms with E-state index in [1.54, 1.807) is 73.8 Å². The molecular weight excluding hydrogens is 523 g/mol. The number of amides is 3. The first-order valence-corrected chi connectivity index (χ1v) is 12.2. The highest BCUT2D eigenvalue weighted by atomic mass is 35.5. The predicted octanol–water partition coefficient (Wildman–Crippen LogP) is 6.50. The number of imide groups is 1. The second kappa shape index (κ2) is 11.1. The standard InChI is InChI=1S/C26H20Cl2N2O5S/c1-34-18-7-5-17(6-8-18)24(31)29-21-12-15(4-10-22(21)35-2)13-23-25(32)30(26(33)36-23)14-16-3-9-19(27)20(28)11-16/h3-13H,14H2,1-2H3,(H,29,31)/b23-13+. The van der Waals surface area contributed by atoms with Crippen molar-refractivity contribution in [3.8, 4) is 11.5 Å². The molecule has 4 rings (SSSR count). The van der Waals surface area contributed by atoms with Crippen molar-refractivity contribution in [2.45, 2.75) is 6.54 Å². The highest BCUT2D eigenvalue weighted by Gasteiger charge is 2.35. The Balaban J connectivity index is 1.54. The highest BCUT2D eigenvalue weighted by Crippen LogP contribution is 2.35. The van der Waals surface area contributed by atoms with E-state index in [2.05, 4.69) is 5.32 Å². The Bertz CT molecular complexity index is 1380. The van der Waals surface area contributed by atoms with Crippen molar-refractivity contribution in [1.82, 2.24) is 4.90 Å². The van der Waals surface area contributed by atoms with E-state index < -0.39 is 5.91 Å². The Labute approximate surface area is 222 Å². The summed E-state index contributed by atoms with van der Waals surface area (Å²) in [6.45, 7) is 0.0741. The first-order valence-electron chi connectivity index (χ1n) is 10.6. The lowest BCUT2D eigenvalue weighted by Crippen LogP contribution is -2.27. The third-order valence-corrected chi connectivity index (χ3v) is 6.97. The summed E-state index contributed by atoms with van der Waals surface area (Å²) in [4.78, 5) is 39.6. The summed E-state index contributed by atoms with van der Waals surface area (Å²) in [5, 5.41) is 3.17. The van der Waals surface area contributed by atoms with Crippen LogP contribution in [0.25, 0.3) is 6.08 Å². The molecule has 1 N–H and O–H groups in total. The van der Waals surface area contributed by atoms with E-state index in [1.807, 2.05) is 0 Å². The van der Waals surface area contributed by atoms with Crippen molar-refractivity contribution in [1.29, 1.82) is 0 Å². The van der Waals surface area contributed by atoms with Crippen LogP contribution in [0.4, 0.5) is 10.5 Å². The first-order chi connectivity index (χ1) is 17.3. The zero-order chi connectivity index (χ0) is 25.8. The van der Waals surface area contributed by atoms with E-state index in [4.69, 9.17) is 32.7 Å². The van der Waals surface area contributed by atoms with Gasteiger partial charge in [-0.3, -0.25) is 19.3 Å². The van der Waals surface area contributed by atoms with Crippen LogP contribution in [-0.4, -0.2) is 36.2 Å². The van der Waals surface area contributed by atoms with E-state index in [-0.39, 0.29) is 22.6 Å². The summed E-state index contributed by atoms with van der Waals surface area (Å²) in [5.41, 5.74) is 2.15. The van der Waals surface area contributed by atoms with Crippen molar-refractivity contribution in [3.05, 3.63) is 92.3 Å². The quantitative estimate of drug-likeness (QED) is 0.343. The highest BCUT2D eigenvalue weighted by molar-refractivity contribution is 8.18. The van der Waals surface area contributed by atoms with Crippen LogP contribution < -0.4 is 14.8 Å². The van der Waals surface area contributed by atoms with E-state index in [1.165, 1.54) is 7.11 Å². The molecule has 0 spiro atoms. The molecule has 1 aliphatic heterocycles. The number of ether oxygens (including phenoxy) is 2. The molecular formula is C26H20Cl2N2O5S. The topological polar surface area (TPSA) is 84.9 Å². The third-order valence-electron chi connectivity index (χ3n) is 5.32. The largest absolute Gasteiger partial charge is 0.497 e. The van der Waals surface area contributed by atoms with Gasteiger partial charge < -0.3 is 14.8 Å². The molecule has 0 bridgehead atoms. The summed E-state index contributed by atoms with van der Waals surface area (Å²) >= 11 is 12.8. The minimum absolute atomic E-state index is 0.0741. The van der Waals surface area contributed by atoms with Gasteiger partial charge in [-0.05, 0) is 77.5 Å². The lowest BCUT2D eigenvalue weighted by molar-refractivity contribution is -0.123. The van der Waals surface area contributed by atoms with Gasteiger partial charge in [0.05, 0.1) is 41.4 Å². The fourth-order valence-corrected chi connectivity index (χ4v) is 4.62. The number of methoxy groups -OCH3 is 2. The molecule has 3 amide bonds. The molecule has 1 fully saturated rings. The van der Waals surface area contributed by atoms with Crippen LogP contribution in [-0.2, 0) is 11.3 Å². The molecule has 1 saturated heterocycles. The summed E-state index contributed by atoms with van der Waals surface area (Å²) in [7, 11) is 3.04. The van der Waals surface area contributed by atoms with Gasteiger partial charge in [0.1, 0.15) is 11.5 Å². The van der Waals surface area contributed by atoms with Crippen molar-refractivity contribution in [3.63, 3.8) is 0 Å². The molecule has 0 radical (unpaired) electrons. The van der Waals surface area contributed by atoms with Crippen LogP contribution in [0.15, 0.2) is 65.6 Å². The summed E-state index contributed by atoms with van der Waals surface area (Å²) < 4.78 is 10.5. The number of anilines is 1. The fraction of sp³-hybridized carbons (Fsp3) is 0.115. The Morgan fingerprint density at radius 3 is 2.39 bits per heavy atom. The normalized spacial score (nSPS) is 14.3. The van der Waals surface area contributed by atoms with Crippen molar-refractivity contribution in [2.75, 3.05) is 19.5 Å². The maximum Gasteiger partial charge on any atom is 0.293 e. The average Bonchev–Trinajstić information content (AvgIpc) is 3.13. The summed E-state index contributed by atoms with van der Waals surface area (Å²) in [6, 6.07) is 16.7. The Kier molecular flexibility index (Phi) is 7.88. The molecule has 7 nitrogen and oxygen atoms in total. The van der Waals surface area contributed by atoms with Gasteiger partial charge in [0.2, 0.25) is 0 Å². The number of carbonyl (C=O) groups is 3. The van der Waals surface area contributed by atoms with Crippen LogP contribution in [0.3, 0.4) is 0 Å². The van der Waals surface area contributed by atoms with Gasteiger partial charge >= 0.3 is 0 Å². The van der Waals surface area contributed by atoms with E-state index in [0.29, 0.717) is 43.9 Å². The lowest BCUT2D eigenvalue weighted by atomic mass is 10.1. The Hall–Kier alpha value is -3.46. The number of rotatable bonds is 7. The smallest absolute Gasteiger partial charge is 0.293 e. The zero-order valence-corrected chi connectivity index (χ0v) is 21.5. The molecule has 0 unspecified atom stereocenters. The van der Waals surface area contributed by atoms with E-state index in [0.717, 1.165) is 16.7 Å². The first kappa shape index (κ1) is 25.6. The van der Waals surface area contributed by atoms with Crippen molar-refractivity contribution in [2.24, 2.45) is 0 Å². The monoisotopic (exact) mass is 542 g/mol. The van der Waals surface area contributed by atoms with Gasteiger partial charge in [-0.1, -0.05) is 35.3 Å².